The molecule has 0 aliphatic carbocycles. The summed E-state index contributed by atoms with van der Waals surface area (Å²) >= 11 is 0. The van der Waals surface area contributed by atoms with Crippen LogP contribution in [0.5, 0.6) is 0 Å². The molecular formula is C10H18O3. The van der Waals surface area contributed by atoms with Crippen LogP contribution in [0.1, 0.15) is 33.1 Å². The number of carbonyl (C=O) groups is 1. The van der Waals surface area contributed by atoms with Gasteiger partial charge in [0.15, 0.2) is 0 Å². The Bertz CT molecular complexity index is 162. The van der Waals surface area contributed by atoms with Crippen LogP contribution in [0.3, 0.4) is 0 Å². The molecule has 0 radical (unpaired) electrons. The van der Waals surface area contributed by atoms with Crippen molar-refractivity contribution in [2.24, 2.45) is 0 Å². The van der Waals surface area contributed by atoms with E-state index in [1.807, 2.05) is 12.2 Å². The van der Waals surface area contributed by atoms with E-state index < -0.39 is 6.10 Å². The Morgan fingerprint density at radius 2 is 2.23 bits per heavy atom. The first kappa shape index (κ1) is 12.2. The second kappa shape index (κ2) is 7.80. The van der Waals surface area contributed by atoms with E-state index >= 15 is 0 Å². The van der Waals surface area contributed by atoms with E-state index in [0.717, 1.165) is 12.8 Å². The van der Waals surface area contributed by atoms with E-state index in [0.29, 0.717) is 6.61 Å². The molecule has 1 unspecified atom stereocenters. The summed E-state index contributed by atoms with van der Waals surface area (Å²) in [4.78, 5) is 10.9. The standard InChI is InChI=1S/C10H18O3/c1-3-4-5-6-7-13-10(12)8-9(2)11/h4-5,9,11H,3,6-8H2,1-2H3/b5-4-. The topological polar surface area (TPSA) is 46.5 Å². The van der Waals surface area contributed by atoms with Gasteiger partial charge in [-0.05, 0) is 19.8 Å². The van der Waals surface area contributed by atoms with Crippen molar-refractivity contribution >= 4 is 5.97 Å². The number of rotatable bonds is 6. The number of aliphatic hydroxyl groups is 1. The van der Waals surface area contributed by atoms with Gasteiger partial charge in [-0.1, -0.05) is 19.1 Å². The van der Waals surface area contributed by atoms with Crippen LogP contribution in [0.15, 0.2) is 12.2 Å². The van der Waals surface area contributed by atoms with Crippen molar-refractivity contribution in [3.05, 3.63) is 12.2 Å². The molecule has 0 fully saturated rings. The van der Waals surface area contributed by atoms with E-state index in [1.54, 1.807) is 6.92 Å². The van der Waals surface area contributed by atoms with Crippen LogP contribution < -0.4 is 0 Å². The van der Waals surface area contributed by atoms with Gasteiger partial charge in [-0.25, -0.2) is 0 Å². The van der Waals surface area contributed by atoms with Crippen molar-refractivity contribution in [1.29, 1.82) is 0 Å². The van der Waals surface area contributed by atoms with Gasteiger partial charge in [-0.3, -0.25) is 4.79 Å². The van der Waals surface area contributed by atoms with E-state index in [-0.39, 0.29) is 12.4 Å². The lowest BCUT2D eigenvalue weighted by Gasteiger charge is -2.04. The van der Waals surface area contributed by atoms with Gasteiger partial charge in [0.25, 0.3) is 0 Å². The average molecular weight is 186 g/mol. The number of hydrogen-bond acceptors (Lipinski definition) is 3. The average Bonchev–Trinajstić information content (AvgIpc) is 2.02. The summed E-state index contributed by atoms with van der Waals surface area (Å²) in [5, 5.41) is 8.85. The van der Waals surface area contributed by atoms with Gasteiger partial charge in [0, 0.05) is 0 Å². The van der Waals surface area contributed by atoms with Crippen LogP contribution in [0.4, 0.5) is 0 Å². The molecule has 76 valence electrons. The molecule has 3 heteroatoms. The molecule has 0 aromatic rings. The Labute approximate surface area is 79.4 Å². The normalized spacial score (nSPS) is 13.2. The van der Waals surface area contributed by atoms with Crippen molar-refractivity contribution < 1.29 is 14.6 Å². The molecule has 0 aromatic heterocycles. The maximum absolute atomic E-state index is 10.9. The molecule has 0 aliphatic heterocycles. The highest BCUT2D eigenvalue weighted by atomic mass is 16.5. The van der Waals surface area contributed by atoms with Crippen LogP contribution in [-0.4, -0.2) is 23.8 Å². The molecule has 0 heterocycles. The van der Waals surface area contributed by atoms with Gasteiger partial charge in [0.1, 0.15) is 0 Å². The molecule has 3 nitrogen and oxygen atoms in total. The number of ether oxygens (including phenoxy) is 1. The van der Waals surface area contributed by atoms with E-state index in [2.05, 4.69) is 6.92 Å². The summed E-state index contributed by atoms with van der Waals surface area (Å²) in [7, 11) is 0. The Morgan fingerprint density at radius 1 is 1.54 bits per heavy atom. The maximum atomic E-state index is 10.9. The van der Waals surface area contributed by atoms with Gasteiger partial charge < -0.3 is 9.84 Å². The minimum absolute atomic E-state index is 0.0808. The van der Waals surface area contributed by atoms with E-state index in [4.69, 9.17) is 9.84 Å². The molecule has 0 amide bonds. The van der Waals surface area contributed by atoms with E-state index in [1.165, 1.54) is 0 Å². The number of esters is 1. The van der Waals surface area contributed by atoms with Crippen molar-refractivity contribution in [1.82, 2.24) is 0 Å². The maximum Gasteiger partial charge on any atom is 0.308 e. The number of carbonyl (C=O) groups excluding carboxylic acids is 1. The number of aliphatic hydroxyl groups excluding tert-OH is 1. The summed E-state index contributed by atoms with van der Waals surface area (Å²) in [5.74, 6) is -0.333. The molecule has 0 bridgehead atoms. The van der Waals surface area contributed by atoms with Gasteiger partial charge >= 0.3 is 5.97 Å². The zero-order valence-corrected chi connectivity index (χ0v) is 8.32. The molecule has 1 atom stereocenters. The number of allylic oxidation sites excluding steroid dienone is 1. The summed E-state index contributed by atoms with van der Waals surface area (Å²) in [6.45, 7) is 4.02. The first-order chi connectivity index (χ1) is 6.16. The molecule has 0 aromatic carbocycles. The van der Waals surface area contributed by atoms with Crippen molar-refractivity contribution in [3.8, 4) is 0 Å². The lowest BCUT2D eigenvalue weighted by atomic mass is 10.3. The summed E-state index contributed by atoms with van der Waals surface area (Å²) in [6, 6.07) is 0. The lowest BCUT2D eigenvalue weighted by Crippen LogP contribution is -2.12. The minimum Gasteiger partial charge on any atom is -0.465 e. The third kappa shape index (κ3) is 9.08. The molecule has 0 rings (SSSR count). The highest BCUT2D eigenvalue weighted by Gasteiger charge is 2.05. The second-order valence-electron chi connectivity index (χ2n) is 2.94. The molecular weight excluding hydrogens is 168 g/mol. The molecule has 1 N–H and O–H groups in total. The van der Waals surface area contributed by atoms with Crippen molar-refractivity contribution in [2.45, 2.75) is 39.2 Å². The Morgan fingerprint density at radius 3 is 2.77 bits per heavy atom. The van der Waals surface area contributed by atoms with Crippen molar-refractivity contribution in [3.63, 3.8) is 0 Å². The fourth-order valence-electron chi connectivity index (χ4n) is 0.825. The van der Waals surface area contributed by atoms with Crippen LogP contribution in [0.25, 0.3) is 0 Å². The number of hydrogen-bond donors (Lipinski definition) is 1. The monoisotopic (exact) mass is 186 g/mol. The zero-order chi connectivity index (χ0) is 10.1. The lowest BCUT2D eigenvalue weighted by molar-refractivity contribution is -0.145. The highest BCUT2D eigenvalue weighted by molar-refractivity contribution is 5.69. The predicted molar refractivity (Wildman–Crippen MR) is 51.3 cm³/mol. The van der Waals surface area contributed by atoms with Crippen LogP contribution in [0, 0.1) is 0 Å². The van der Waals surface area contributed by atoms with Crippen molar-refractivity contribution in [2.75, 3.05) is 6.61 Å². The first-order valence-electron chi connectivity index (χ1n) is 4.65. The van der Waals surface area contributed by atoms with E-state index in [9.17, 15) is 4.79 Å². The first-order valence-corrected chi connectivity index (χ1v) is 4.65. The third-order valence-corrected chi connectivity index (χ3v) is 1.41. The van der Waals surface area contributed by atoms with Crippen LogP contribution in [0.2, 0.25) is 0 Å². The third-order valence-electron chi connectivity index (χ3n) is 1.41. The molecule has 0 saturated heterocycles. The Kier molecular flexibility index (Phi) is 7.30. The van der Waals surface area contributed by atoms with Gasteiger partial charge in [-0.2, -0.15) is 0 Å². The molecule has 0 spiro atoms. The predicted octanol–water partition coefficient (Wildman–Crippen LogP) is 1.66. The largest absolute Gasteiger partial charge is 0.465 e. The zero-order valence-electron chi connectivity index (χ0n) is 8.32. The fourth-order valence-corrected chi connectivity index (χ4v) is 0.825. The summed E-state index contributed by atoms with van der Waals surface area (Å²) < 4.78 is 4.85. The molecule has 0 saturated carbocycles. The summed E-state index contributed by atoms with van der Waals surface area (Å²) in [6.07, 6.45) is 5.23. The van der Waals surface area contributed by atoms with Gasteiger partial charge in [0.2, 0.25) is 0 Å². The van der Waals surface area contributed by atoms with Crippen LogP contribution >= 0.6 is 0 Å². The molecule has 0 aliphatic rings. The highest BCUT2D eigenvalue weighted by Crippen LogP contribution is 1.95. The van der Waals surface area contributed by atoms with Gasteiger partial charge in [-0.15, -0.1) is 0 Å². The van der Waals surface area contributed by atoms with Crippen LogP contribution in [-0.2, 0) is 9.53 Å². The fraction of sp³-hybridized carbons (Fsp3) is 0.700. The second-order valence-corrected chi connectivity index (χ2v) is 2.94. The summed E-state index contributed by atoms with van der Waals surface area (Å²) in [5.41, 5.74) is 0. The quantitative estimate of drug-likeness (QED) is 0.390. The SMILES string of the molecule is CC/C=C\CCOC(=O)CC(C)O. The molecule has 13 heavy (non-hydrogen) atoms. The Hall–Kier alpha value is -0.830. The smallest absolute Gasteiger partial charge is 0.308 e. The Balaban J connectivity index is 3.32. The van der Waals surface area contributed by atoms with Gasteiger partial charge in [0.05, 0.1) is 19.1 Å². The minimum atomic E-state index is -0.612.